The Morgan fingerprint density at radius 3 is 2.14 bits per heavy atom. The minimum absolute atomic E-state index is 0. The first-order valence-electron chi connectivity index (χ1n) is 14.9. The molecule has 2 aliphatic rings. The fourth-order valence-electron chi connectivity index (χ4n) is 6.27. The Balaban J connectivity index is 0.000000305. The number of piperidine rings is 1. The van der Waals surface area contributed by atoms with Gasteiger partial charge in [-0.1, -0.05) is 48.5 Å². The third kappa shape index (κ3) is 8.91. The molecule has 3 unspecified atom stereocenters. The fraction of sp³-hybridized carbons (Fsp3) is 0.606. The van der Waals surface area contributed by atoms with E-state index in [4.69, 9.17) is 9.84 Å². The number of halogens is 1. The molecule has 2 heterocycles. The average molecular weight is 607 g/mol. The number of quaternary nitrogens is 1. The summed E-state index contributed by atoms with van der Waals surface area (Å²) in [5.41, 5.74) is 1.72. The van der Waals surface area contributed by atoms with E-state index >= 15 is 0 Å². The quantitative estimate of drug-likeness (QED) is 0.252. The van der Waals surface area contributed by atoms with Gasteiger partial charge in [-0.2, -0.15) is 0 Å². The molecular formula is C33H51ClN2O6. The number of aliphatic hydroxyl groups excluding tert-OH is 3. The van der Waals surface area contributed by atoms with Gasteiger partial charge in [-0.25, -0.2) is 0 Å². The molecule has 9 heteroatoms. The van der Waals surface area contributed by atoms with Gasteiger partial charge in [-0.15, -0.1) is 18.2 Å². The highest BCUT2D eigenvalue weighted by Crippen LogP contribution is 2.44. The van der Waals surface area contributed by atoms with E-state index in [1.807, 2.05) is 51.1 Å². The molecule has 236 valence electrons. The van der Waals surface area contributed by atoms with E-state index in [9.17, 15) is 20.1 Å². The normalized spacial score (nSPS) is 24.7. The smallest absolute Gasteiger partial charge is 0.316 e. The highest BCUT2D eigenvalue weighted by Gasteiger charge is 2.53. The second-order valence-corrected chi connectivity index (χ2v) is 13.0. The maximum absolute atomic E-state index is 12.6. The molecule has 2 aromatic carbocycles. The van der Waals surface area contributed by atoms with Crippen LogP contribution in [-0.2, 0) is 16.1 Å². The Hall–Kier alpha value is -2.20. The molecule has 0 saturated carbocycles. The first-order chi connectivity index (χ1) is 19.3. The first kappa shape index (κ1) is 36.0. The van der Waals surface area contributed by atoms with Crippen molar-refractivity contribution >= 4 is 18.4 Å². The van der Waals surface area contributed by atoms with Crippen molar-refractivity contribution in [3.05, 3.63) is 65.2 Å². The standard InChI is InChI=1S/C20H30NO3.C13H21NO3.ClH/c1-14(2)21(3)16-9-10-17(21)12-18(11-16)24-20(23)19(13-22)15-7-5-4-6-8-15;1-13(2,3)14-7-12(17)9-4-5-11(16)10(6-9)8-15;/h4-8,14,16-19,22H,9-13H2,1-3H3;4-6,12,14-17H,7-8H2,1-3H3;1H/q+1;;/p-1/t16-,17+,18?,19?,21?;12-;/m.0./s1. The van der Waals surface area contributed by atoms with Crippen LogP contribution >= 0.6 is 12.4 Å². The number of aliphatic hydroxyl groups is 3. The van der Waals surface area contributed by atoms with E-state index in [0.717, 1.165) is 22.9 Å². The maximum atomic E-state index is 12.6. The van der Waals surface area contributed by atoms with Crippen molar-refractivity contribution in [1.29, 1.82) is 0 Å². The van der Waals surface area contributed by atoms with Crippen LogP contribution in [0.15, 0.2) is 48.5 Å². The lowest BCUT2D eigenvalue weighted by atomic mass is 9.94. The Labute approximate surface area is 257 Å². The zero-order valence-corrected chi connectivity index (χ0v) is 26.8. The summed E-state index contributed by atoms with van der Waals surface area (Å²) in [6, 6.07) is 15.7. The highest BCUT2D eigenvalue weighted by atomic mass is 35.5. The van der Waals surface area contributed by atoms with Crippen molar-refractivity contribution in [2.75, 3.05) is 20.2 Å². The van der Waals surface area contributed by atoms with Crippen molar-refractivity contribution in [2.45, 2.75) is 109 Å². The number of benzene rings is 2. The molecule has 0 spiro atoms. The molecule has 4 N–H and O–H groups in total. The largest absolute Gasteiger partial charge is 0.872 e. The van der Waals surface area contributed by atoms with Crippen molar-refractivity contribution in [3.63, 3.8) is 0 Å². The molecule has 6 atom stereocenters. The van der Waals surface area contributed by atoms with Gasteiger partial charge in [-0.05, 0) is 51.3 Å². The molecule has 42 heavy (non-hydrogen) atoms. The zero-order valence-electron chi connectivity index (χ0n) is 26.0. The summed E-state index contributed by atoms with van der Waals surface area (Å²) in [7, 11) is 2.37. The van der Waals surface area contributed by atoms with Gasteiger partial charge >= 0.3 is 5.97 Å². The van der Waals surface area contributed by atoms with Gasteiger partial charge in [0.1, 0.15) is 12.0 Å². The average Bonchev–Trinajstić information content (AvgIpc) is 3.09. The Morgan fingerprint density at radius 2 is 1.64 bits per heavy atom. The Morgan fingerprint density at radius 1 is 1.05 bits per heavy atom. The lowest BCUT2D eigenvalue weighted by Crippen LogP contribution is -2.62. The van der Waals surface area contributed by atoms with E-state index in [0.29, 0.717) is 35.8 Å². The number of fused-ring (bicyclic) bond motifs is 2. The van der Waals surface area contributed by atoms with Crippen LogP contribution in [0.1, 0.15) is 89.0 Å². The SMILES string of the molecule is CC(C)(C)NC[C@H](O)c1ccc([O-])c(CO)c1.CC(C)[N+]1(C)[C@@H]2CC[C@H]1CC(OC(=O)C(CO)c1ccccc1)C2.Cl. The number of nitrogens with one attached hydrogen (secondary N) is 1. The monoisotopic (exact) mass is 606 g/mol. The molecule has 2 bridgehead atoms. The van der Waals surface area contributed by atoms with Gasteiger partial charge in [0.15, 0.2) is 0 Å². The Bertz CT molecular complexity index is 1110. The van der Waals surface area contributed by atoms with Crippen molar-refractivity contribution < 1.29 is 34.4 Å². The summed E-state index contributed by atoms with van der Waals surface area (Å²) in [5, 5.41) is 43.0. The lowest BCUT2D eigenvalue weighted by Gasteiger charge is -2.49. The molecule has 2 saturated heterocycles. The van der Waals surface area contributed by atoms with E-state index in [1.165, 1.54) is 18.9 Å². The van der Waals surface area contributed by atoms with Crippen LogP contribution in [-0.4, -0.2) is 75.7 Å². The fourth-order valence-corrected chi connectivity index (χ4v) is 6.27. The van der Waals surface area contributed by atoms with Crippen LogP contribution in [0.4, 0.5) is 0 Å². The Kier molecular flexibility index (Phi) is 13.3. The lowest BCUT2D eigenvalue weighted by molar-refractivity contribution is -0.968. The number of ether oxygens (including phenoxy) is 1. The molecular weight excluding hydrogens is 556 g/mol. The van der Waals surface area contributed by atoms with Crippen molar-refractivity contribution in [2.24, 2.45) is 0 Å². The highest BCUT2D eigenvalue weighted by molar-refractivity contribution is 5.85. The number of rotatable bonds is 9. The number of hydrogen-bond donors (Lipinski definition) is 4. The molecule has 0 aliphatic carbocycles. The van der Waals surface area contributed by atoms with E-state index in [2.05, 4.69) is 26.2 Å². The topological polar surface area (TPSA) is 122 Å². The van der Waals surface area contributed by atoms with E-state index < -0.39 is 12.0 Å². The summed E-state index contributed by atoms with van der Waals surface area (Å²) in [4.78, 5) is 12.6. The predicted molar refractivity (Wildman–Crippen MR) is 165 cm³/mol. The van der Waals surface area contributed by atoms with Crippen LogP contribution in [0.5, 0.6) is 5.75 Å². The minimum Gasteiger partial charge on any atom is -0.872 e. The number of nitrogens with zero attached hydrogens (tertiary/aromatic N) is 1. The van der Waals surface area contributed by atoms with Crippen LogP contribution in [0.25, 0.3) is 0 Å². The summed E-state index contributed by atoms with van der Waals surface area (Å²) >= 11 is 0. The molecule has 0 radical (unpaired) electrons. The van der Waals surface area contributed by atoms with Crippen LogP contribution in [0.2, 0.25) is 0 Å². The third-order valence-corrected chi connectivity index (χ3v) is 9.01. The first-order valence-corrected chi connectivity index (χ1v) is 14.9. The molecule has 2 fully saturated rings. The summed E-state index contributed by atoms with van der Waals surface area (Å²) in [5.74, 6) is -1.06. The summed E-state index contributed by atoms with van der Waals surface area (Å²) < 4.78 is 6.96. The zero-order chi connectivity index (χ0) is 30.4. The molecule has 2 aliphatic heterocycles. The number of hydrogen-bond acceptors (Lipinski definition) is 7. The molecule has 8 nitrogen and oxygen atoms in total. The van der Waals surface area contributed by atoms with Gasteiger partial charge < -0.3 is 35.0 Å². The van der Waals surface area contributed by atoms with Gasteiger partial charge in [0.05, 0.1) is 44.5 Å². The van der Waals surface area contributed by atoms with Gasteiger partial charge in [0, 0.05) is 37.8 Å². The second kappa shape index (κ2) is 15.5. The number of esters is 1. The van der Waals surface area contributed by atoms with Gasteiger partial charge in [-0.3, -0.25) is 4.79 Å². The van der Waals surface area contributed by atoms with Crippen molar-refractivity contribution in [3.8, 4) is 5.75 Å². The van der Waals surface area contributed by atoms with Crippen LogP contribution < -0.4 is 10.4 Å². The third-order valence-electron chi connectivity index (χ3n) is 9.01. The van der Waals surface area contributed by atoms with E-state index in [-0.39, 0.29) is 49.0 Å². The van der Waals surface area contributed by atoms with Crippen molar-refractivity contribution in [1.82, 2.24) is 5.32 Å². The molecule has 0 aromatic heterocycles. The minimum atomic E-state index is -0.680. The van der Waals surface area contributed by atoms with E-state index in [1.54, 1.807) is 12.1 Å². The number of β-amino-alcohol motifs (C(OH)–C–C–N with tert-alkyl or cyclic N) is 1. The summed E-state index contributed by atoms with van der Waals surface area (Å²) in [6.07, 6.45) is 3.68. The maximum Gasteiger partial charge on any atom is 0.316 e. The molecule has 0 amide bonds. The predicted octanol–water partition coefficient (Wildman–Crippen LogP) is 3.95. The van der Waals surface area contributed by atoms with Gasteiger partial charge in [0.2, 0.25) is 0 Å². The molecule has 2 aromatic rings. The second-order valence-electron chi connectivity index (χ2n) is 13.0. The van der Waals surface area contributed by atoms with Crippen LogP contribution in [0.3, 0.4) is 0 Å². The van der Waals surface area contributed by atoms with Crippen LogP contribution in [0, 0.1) is 0 Å². The van der Waals surface area contributed by atoms with Gasteiger partial charge in [0.25, 0.3) is 0 Å². The molecule has 4 rings (SSSR count). The summed E-state index contributed by atoms with van der Waals surface area (Å²) in [6.45, 7) is 10.5. The number of carbonyl (C=O) groups is 1. The number of carbonyl (C=O) groups excluding carboxylic acids is 1.